The van der Waals surface area contributed by atoms with Crippen LogP contribution < -0.4 is 10.6 Å². The zero-order chi connectivity index (χ0) is 34.5. The Hall–Kier alpha value is -2.12. The fourth-order valence-electron chi connectivity index (χ4n) is 14.1. The quantitative estimate of drug-likeness (QED) is 0.192. The van der Waals surface area contributed by atoms with Gasteiger partial charge in [0.2, 0.25) is 0 Å². The predicted molar refractivity (Wildman–Crippen MR) is 190 cm³/mol. The third-order valence-electron chi connectivity index (χ3n) is 16.7. The van der Waals surface area contributed by atoms with E-state index < -0.39 is 5.97 Å². The second kappa shape index (κ2) is 11.4. The molecule has 266 valence electrons. The number of fused-ring (bicyclic) bond motifs is 6. The molecule has 1 saturated heterocycles. The van der Waals surface area contributed by atoms with E-state index in [2.05, 4.69) is 83.3 Å². The molecule has 0 radical (unpaired) electrons. The maximum absolute atomic E-state index is 13.4. The number of aromatic carboxylic acids is 1. The van der Waals surface area contributed by atoms with E-state index in [1.54, 1.807) is 12.1 Å². The molecule has 1 spiro atoms. The minimum atomic E-state index is -0.857. The lowest BCUT2D eigenvalue weighted by Crippen LogP contribution is -2.69. The summed E-state index contributed by atoms with van der Waals surface area (Å²) in [6.07, 6.45) is 12.5. The number of carbonyl (C=O) groups excluding carboxylic acids is 1. The zero-order valence-electron chi connectivity index (χ0n) is 31.1. The van der Waals surface area contributed by atoms with Gasteiger partial charge in [0.05, 0.1) is 12.2 Å². The van der Waals surface area contributed by atoms with E-state index >= 15 is 0 Å². The summed E-state index contributed by atoms with van der Waals surface area (Å²) in [4.78, 5) is 27.1. The SMILES string of the molecule is CC(C)[C@@H]1CC[C@]2(NC(=O)OCCCN(C)C)CC[C@]3(C)[C@H](CC[C@H]4[C@@]3(C)CC[C@@]35NC3(C)[C@H](c3ccc(C(=O)O)cc3)CC[C@]45C)[C@@H]12. The molecule has 5 saturated carbocycles. The Balaban J connectivity index is 1.14. The first-order valence-corrected chi connectivity index (χ1v) is 19.3. The highest BCUT2D eigenvalue weighted by Crippen LogP contribution is 2.80. The number of amides is 1. The van der Waals surface area contributed by atoms with Gasteiger partial charge in [0.15, 0.2) is 0 Å². The summed E-state index contributed by atoms with van der Waals surface area (Å²) in [6.45, 7) is 16.7. The van der Waals surface area contributed by atoms with Crippen molar-refractivity contribution in [2.75, 3.05) is 27.2 Å². The molecule has 0 aromatic heterocycles. The van der Waals surface area contributed by atoms with E-state index in [4.69, 9.17) is 4.74 Å². The number of alkyl carbamates (subject to hydrolysis) is 1. The predicted octanol–water partition coefficient (Wildman–Crippen LogP) is 8.09. The standard InChI is InChI=1S/C41H63N3O4/c1-26(2)29-16-19-40(42-35(47)48-25-9-24-44(7)8)22-20-36(3)31(33(29)40)14-15-32-37(36,4)21-23-41-38(32,5)18-17-30(39(41,6)43-41)27-10-12-28(13-11-27)34(45)46/h10-13,26,29-33,43H,9,14-25H2,1-8H3,(H,42,47)(H,45,46)/t29-,30-,31+,32-,33+,36+,37+,38+,39?,40-,41-/m0/s1. The van der Waals surface area contributed by atoms with Crippen molar-refractivity contribution in [3.05, 3.63) is 35.4 Å². The van der Waals surface area contributed by atoms with Gasteiger partial charge in [-0.15, -0.1) is 0 Å². The molecule has 3 N–H and O–H groups in total. The average molecular weight is 662 g/mol. The Kier molecular flexibility index (Phi) is 8.19. The van der Waals surface area contributed by atoms with Crippen molar-refractivity contribution in [2.24, 2.45) is 45.8 Å². The summed E-state index contributed by atoms with van der Waals surface area (Å²) in [6, 6.07) is 7.73. The van der Waals surface area contributed by atoms with Gasteiger partial charge in [-0.25, -0.2) is 9.59 Å². The van der Waals surface area contributed by atoms with Gasteiger partial charge in [0.1, 0.15) is 0 Å². The summed E-state index contributed by atoms with van der Waals surface area (Å²) in [7, 11) is 4.12. The van der Waals surface area contributed by atoms with Gasteiger partial charge >= 0.3 is 12.1 Å². The summed E-state index contributed by atoms with van der Waals surface area (Å²) in [5.74, 6) is 2.54. The van der Waals surface area contributed by atoms with Gasteiger partial charge in [-0.2, -0.15) is 0 Å². The van der Waals surface area contributed by atoms with Crippen LogP contribution >= 0.6 is 0 Å². The van der Waals surface area contributed by atoms with E-state index in [9.17, 15) is 14.7 Å². The molecular weight excluding hydrogens is 598 g/mol. The maximum Gasteiger partial charge on any atom is 0.407 e. The van der Waals surface area contributed by atoms with E-state index in [1.807, 2.05) is 0 Å². The highest BCUT2D eigenvalue weighted by molar-refractivity contribution is 5.87. The van der Waals surface area contributed by atoms with Crippen molar-refractivity contribution in [2.45, 2.75) is 135 Å². The Labute approximate surface area is 289 Å². The summed E-state index contributed by atoms with van der Waals surface area (Å²) in [5, 5.41) is 17.3. The van der Waals surface area contributed by atoms with Crippen LogP contribution in [0.1, 0.15) is 134 Å². The van der Waals surface area contributed by atoms with Crippen LogP contribution in [0.4, 0.5) is 4.79 Å². The molecule has 1 unspecified atom stereocenters. The van der Waals surface area contributed by atoms with E-state index in [0.29, 0.717) is 47.7 Å². The second-order valence-electron chi connectivity index (χ2n) is 18.8. The largest absolute Gasteiger partial charge is 0.478 e. The molecule has 7 heteroatoms. The van der Waals surface area contributed by atoms with Gasteiger partial charge in [0, 0.05) is 29.1 Å². The van der Waals surface area contributed by atoms with E-state index in [0.717, 1.165) is 32.2 Å². The van der Waals surface area contributed by atoms with Crippen molar-refractivity contribution in [1.29, 1.82) is 0 Å². The van der Waals surface area contributed by atoms with E-state index in [1.165, 1.54) is 50.5 Å². The average Bonchev–Trinajstić information content (AvgIpc) is 3.50. The Morgan fingerprint density at radius 1 is 0.917 bits per heavy atom. The van der Waals surface area contributed by atoms with Crippen LogP contribution in [0.2, 0.25) is 0 Å². The van der Waals surface area contributed by atoms with Gasteiger partial charge < -0.3 is 25.4 Å². The van der Waals surface area contributed by atoms with Crippen LogP contribution in [0.3, 0.4) is 0 Å². The molecular formula is C41H63N3O4. The number of carboxylic acids is 1. The number of hydrogen-bond acceptors (Lipinski definition) is 5. The number of nitrogens with one attached hydrogen (secondary N) is 2. The molecule has 6 fully saturated rings. The van der Waals surface area contributed by atoms with Crippen molar-refractivity contribution in [3.63, 3.8) is 0 Å². The molecule has 1 amide bonds. The molecule has 6 aliphatic rings. The first kappa shape index (κ1) is 34.3. The lowest BCUT2D eigenvalue weighted by molar-refractivity contribution is -0.213. The van der Waals surface area contributed by atoms with Crippen LogP contribution in [0.5, 0.6) is 0 Å². The molecule has 1 aromatic rings. The van der Waals surface area contributed by atoms with Crippen LogP contribution in [-0.2, 0) is 4.74 Å². The molecule has 7 rings (SSSR count). The molecule has 1 aliphatic heterocycles. The molecule has 5 aliphatic carbocycles. The summed E-state index contributed by atoms with van der Waals surface area (Å²) >= 11 is 0. The lowest BCUT2D eigenvalue weighted by atomic mass is 9.33. The molecule has 48 heavy (non-hydrogen) atoms. The van der Waals surface area contributed by atoms with Crippen LogP contribution in [-0.4, -0.2) is 65.9 Å². The number of nitrogens with zero attached hydrogens (tertiary/aromatic N) is 1. The first-order chi connectivity index (χ1) is 22.6. The smallest absolute Gasteiger partial charge is 0.407 e. The summed E-state index contributed by atoms with van der Waals surface area (Å²) < 4.78 is 5.81. The van der Waals surface area contributed by atoms with Gasteiger partial charge in [-0.3, -0.25) is 0 Å². The van der Waals surface area contributed by atoms with Gasteiger partial charge in [-0.1, -0.05) is 46.8 Å². The van der Waals surface area contributed by atoms with E-state index in [-0.39, 0.29) is 39.0 Å². The number of ether oxygens (including phenoxy) is 1. The highest BCUT2D eigenvalue weighted by atomic mass is 16.5. The second-order valence-corrected chi connectivity index (χ2v) is 18.8. The molecule has 1 aromatic carbocycles. The van der Waals surface area contributed by atoms with Crippen molar-refractivity contribution in [1.82, 2.24) is 15.5 Å². The normalized spacial score (nSPS) is 45.8. The Morgan fingerprint density at radius 3 is 2.29 bits per heavy atom. The maximum atomic E-state index is 13.4. The number of benzene rings is 1. The lowest BCUT2D eigenvalue weighted by Gasteiger charge is -2.72. The van der Waals surface area contributed by atoms with Crippen molar-refractivity contribution >= 4 is 12.1 Å². The molecule has 1 heterocycles. The van der Waals surface area contributed by atoms with Crippen LogP contribution in [0.25, 0.3) is 0 Å². The monoisotopic (exact) mass is 661 g/mol. The molecule has 0 bridgehead atoms. The van der Waals surface area contributed by atoms with Crippen LogP contribution in [0, 0.1) is 45.8 Å². The fourth-order valence-corrected chi connectivity index (χ4v) is 14.1. The number of carbonyl (C=O) groups is 2. The van der Waals surface area contributed by atoms with Crippen molar-refractivity contribution < 1.29 is 19.4 Å². The fraction of sp³-hybridized carbons (Fsp3) is 0.805. The zero-order valence-corrected chi connectivity index (χ0v) is 31.1. The number of rotatable bonds is 8. The summed E-state index contributed by atoms with van der Waals surface area (Å²) in [5.41, 5.74) is 2.38. The molecule has 11 atom stereocenters. The first-order valence-electron chi connectivity index (χ1n) is 19.3. The minimum Gasteiger partial charge on any atom is -0.478 e. The highest BCUT2D eigenvalue weighted by Gasteiger charge is 2.82. The third kappa shape index (κ3) is 4.64. The minimum absolute atomic E-state index is 0.0383. The molecule has 7 nitrogen and oxygen atoms in total. The number of carboxylic acid groups (broad SMARTS) is 1. The van der Waals surface area contributed by atoms with Gasteiger partial charge in [-0.05, 0) is 155 Å². The topological polar surface area (TPSA) is 101 Å². The van der Waals surface area contributed by atoms with Gasteiger partial charge in [0.25, 0.3) is 0 Å². The third-order valence-corrected chi connectivity index (χ3v) is 16.7. The van der Waals surface area contributed by atoms with Crippen LogP contribution in [0.15, 0.2) is 24.3 Å². The van der Waals surface area contributed by atoms with Crippen molar-refractivity contribution in [3.8, 4) is 0 Å². The number of hydrogen-bond donors (Lipinski definition) is 3. The Morgan fingerprint density at radius 2 is 1.62 bits per heavy atom. The Bertz CT molecular complexity index is 1430.